The van der Waals surface area contributed by atoms with E-state index in [9.17, 15) is 9.90 Å². The first-order valence-corrected chi connectivity index (χ1v) is 6.23. The highest BCUT2D eigenvalue weighted by Gasteiger charge is 2.01. The second-order valence-electron chi connectivity index (χ2n) is 3.81. The molecule has 0 atom stereocenters. The summed E-state index contributed by atoms with van der Waals surface area (Å²) in [5, 5.41) is 17.8. The number of hydrogen-bond acceptors (Lipinski definition) is 3. The summed E-state index contributed by atoms with van der Waals surface area (Å²) in [4.78, 5) is 12.6. The van der Waals surface area contributed by atoms with Crippen molar-refractivity contribution >= 4 is 17.7 Å². The quantitative estimate of drug-likeness (QED) is 0.886. The van der Waals surface area contributed by atoms with E-state index in [1.54, 1.807) is 23.9 Å². The van der Waals surface area contributed by atoms with Gasteiger partial charge in [-0.25, -0.2) is 0 Å². The predicted octanol–water partition coefficient (Wildman–Crippen LogP) is 3.17. The number of carbonyl (C=O) groups is 1. The molecule has 0 saturated carbocycles. The zero-order valence-corrected chi connectivity index (χ0v) is 10.4. The van der Waals surface area contributed by atoms with E-state index in [4.69, 9.17) is 5.11 Å². The fourth-order valence-electron chi connectivity index (χ4n) is 1.50. The van der Waals surface area contributed by atoms with Crippen LogP contribution >= 0.6 is 11.8 Å². The summed E-state index contributed by atoms with van der Waals surface area (Å²) in [6.07, 6.45) is 0.0458. The summed E-state index contributed by atoms with van der Waals surface area (Å²) in [6, 6.07) is 14.4. The Kier molecular flexibility index (Phi) is 3.89. The number of carboxylic acid groups (broad SMARTS) is 1. The Morgan fingerprint density at radius 3 is 1.94 bits per heavy atom. The number of aliphatic carboxylic acids is 1. The van der Waals surface area contributed by atoms with Gasteiger partial charge < -0.3 is 10.2 Å². The number of carboxylic acids is 1. The normalized spacial score (nSPS) is 10.2. The van der Waals surface area contributed by atoms with Crippen molar-refractivity contribution in [1.29, 1.82) is 0 Å². The highest BCUT2D eigenvalue weighted by atomic mass is 32.2. The number of rotatable bonds is 4. The lowest BCUT2D eigenvalue weighted by molar-refractivity contribution is -0.136. The SMILES string of the molecule is O=C(O)Cc1ccc(Sc2ccc(O)cc2)cc1. The molecule has 0 amide bonds. The molecule has 18 heavy (non-hydrogen) atoms. The van der Waals surface area contributed by atoms with Crippen LogP contribution in [0.5, 0.6) is 5.75 Å². The highest BCUT2D eigenvalue weighted by molar-refractivity contribution is 7.99. The lowest BCUT2D eigenvalue weighted by atomic mass is 10.2. The molecule has 2 rings (SSSR count). The van der Waals surface area contributed by atoms with Gasteiger partial charge in [0.25, 0.3) is 0 Å². The van der Waals surface area contributed by atoms with Crippen LogP contribution in [0.4, 0.5) is 0 Å². The molecule has 0 aliphatic rings. The molecule has 2 aromatic rings. The molecule has 0 aromatic heterocycles. The Bertz CT molecular complexity index is 532. The number of aromatic hydroxyl groups is 1. The maximum atomic E-state index is 10.5. The van der Waals surface area contributed by atoms with Gasteiger partial charge in [-0.2, -0.15) is 0 Å². The molecule has 0 aliphatic heterocycles. The van der Waals surface area contributed by atoms with Crippen molar-refractivity contribution in [1.82, 2.24) is 0 Å². The van der Waals surface area contributed by atoms with Crippen molar-refractivity contribution in [2.45, 2.75) is 16.2 Å². The zero-order chi connectivity index (χ0) is 13.0. The van der Waals surface area contributed by atoms with E-state index in [-0.39, 0.29) is 12.2 Å². The molecule has 4 heteroatoms. The first-order chi connectivity index (χ1) is 8.63. The molecule has 0 heterocycles. The minimum atomic E-state index is -0.825. The largest absolute Gasteiger partial charge is 0.508 e. The van der Waals surface area contributed by atoms with Crippen LogP contribution in [0.2, 0.25) is 0 Å². The molecule has 0 radical (unpaired) electrons. The third kappa shape index (κ3) is 3.53. The number of phenolic OH excluding ortho intramolecular Hbond substituents is 1. The van der Waals surface area contributed by atoms with Gasteiger partial charge >= 0.3 is 5.97 Å². The molecular formula is C14H12O3S. The average Bonchev–Trinajstić information content (AvgIpc) is 2.34. The fraction of sp³-hybridized carbons (Fsp3) is 0.0714. The van der Waals surface area contributed by atoms with Crippen LogP contribution in [0.15, 0.2) is 58.3 Å². The summed E-state index contributed by atoms with van der Waals surface area (Å²) in [7, 11) is 0. The fourth-order valence-corrected chi connectivity index (χ4v) is 2.32. The van der Waals surface area contributed by atoms with E-state index < -0.39 is 5.97 Å². The van der Waals surface area contributed by atoms with Crippen molar-refractivity contribution in [3.8, 4) is 5.75 Å². The Labute approximate surface area is 109 Å². The lowest BCUT2D eigenvalue weighted by Crippen LogP contribution is -1.99. The smallest absolute Gasteiger partial charge is 0.307 e. The molecular weight excluding hydrogens is 248 g/mol. The van der Waals surface area contributed by atoms with Crippen molar-refractivity contribution in [3.63, 3.8) is 0 Å². The van der Waals surface area contributed by atoms with E-state index in [0.29, 0.717) is 0 Å². The van der Waals surface area contributed by atoms with E-state index in [1.165, 1.54) is 0 Å². The van der Waals surface area contributed by atoms with Crippen molar-refractivity contribution in [2.75, 3.05) is 0 Å². The third-order valence-electron chi connectivity index (χ3n) is 2.35. The number of phenols is 1. The van der Waals surface area contributed by atoms with Crippen LogP contribution in [0.25, 0.3) is 0 Å². The summed E-state index contributed by atoms with van der Waals surface area (Å²) >= 11 is 1.57. The van der Waals surface area contributed by atoms with Crippen LogP contribution in [0.1, 0.15) is 5.56 Å². The molecule has 92 valence electrons. The van der Waals surface area contributed by atoms with Crippen LogP contribution in [-0.2, 0) is 11.2 Å². The van der Waals surface area contributed by atoms with E-state index in [1.807, 2.05) is 36.4 Å². The van der Waals surface area contributed by atoms with Gasteiger partial charge in [0.05, 0.1) is 6.42 Å². The van der Waals surface area contributed by atoms with E-state index >= 15 is 0 Å². The van der Waals surface area contributed by atoms with Crippen molar-refractivity contribution < 1.29 is 15.0 Å². The summed E-state index contributed by atoms with van der Waals surface area (Å²) < 4.78 is 0. The van der Waals surface area contributed by atoms with Gasteiger partial charge in [0.1, 0.15) is 5.75 Å². The third-order valence-corrected chi connectivity index (χ3v) is 3.37. The first-order valence-electron chi connectivity index (χ1n) is 5.41. The van der Waals surface area contributed by atoms with Crippen molar-refractivity contribution in [3.05, 3.63) is 54.1 Å². The molecule has 2 aromatic carbocycles. The van der Waals surface area contributed by atoms with E-state index in [2.05, 4.69) is 0 Å². The topological polar surface area (TPSA) is 57.5 Å². The predicted molar refractivity (Wildman–Crippen MR) is 70.0 cm³/mol. The van der Waals surface area contributed by atoms with Gasteiger partial charge in [0.15, 0.2) is 0 Å². The summed E-state index contributed by atoms with van der Waals surface area (Å²) in [6.45, 7) is 0. The molecule has 0 fully saturated rings. The molecule has 0 saturated heterocycles. The Morgan fingerprint density at radius 2 is 1.44 bits per heavy atom. The van der Waals surface area contributed by atoms with Gasteiger partial charge in [-0.1, -0.05) is 23.9 Å². The van der Waals surface area contributed by atoms with Gasteiger partial charge in [-0.05, 0) is 42.0 Å². The zero-order valence-electron chi connectivity index (χ0n) is 9.54. The Hall–Kier alpha value is -1.94. The van der Waals surface area contributed by atoms with Gasteiger partial charge in [0.2, 0.25) is 0 Å². The Balaban J connectivity index is 2.06. The monoisotopic (exact) mass is 260 g/mol. The van der Waals surface area contributed by atoms with Gasteiger partial charge in [-0.3, -0.25) is 4.79 Å². The molecule has 0 bridgehead atoms. The first kappa shape index (κ1) is 12.5. The standard InChI is InChI=1S/C14H12O3S/c15-11-3-7-13(8-4-11)18-12-5-1-10(2-6-12)9-14(16)17/h1-8,15H,9H2,(H,16,17). The van der Waals surface area contributed by atoms with Crippen LogP contribution < -0.4 is 0 Å². The minimum absolute atomic E-state index is 0.0458. The molecule has 0 unspecified atom stereocenters. The summed E-state index contributed by atoms with van der Waals surface area (Å²) in [5.74, 6) is -0.579. The Morgan fingerprint density at radius 1 is 0.944 bits per heavy atom. The van der Waals surface area contributed by atoms with Crippen LogP contribution in [0.3, 0.4) is 0 Å². The second-order valence-corrected chi connectivity index (χ2v) is 4.96. The van der Waals surface area contributed by atoms with Gasteiger partial charge in [0, 0.05) is 9.79 Å². The lowest BCUT2D eigenvalue weighted by Gasteiger charge is -2.03. The maximum absolute atomic E-state index is 10.5. The summed E-state index contributed by atoms with van der Waals surface area (Å²) in [5.41, 5.74) is 0.789. The number of hydrogen-bond donors (Lipinski definition) is 2. The second kappa shape index (κ2) is 5.60. The molecule has 0 spiro atoms. The van der Waals surface area contributed by atoms with Crippen LogP contribution in [0, 0.1) is 0 Å². The maximum Gasteiger partial charge on any atom is 0.307 e. The van der Waals surface area contributed by atoms with E-state index in [0.717, 1.165) is 15.4 Å². The average molecular weight is 260 g/mol. The number of benzene rings is 2. The molecule has 3 nitrogen and oxygen atoms in total. The van der Waals surface area contributed by atoms with Gasteiger partial charge in [-0.15, -0.1) is 0 Å². The highest BCUT2D eigenvalue weighted by Crippen LogP contribution is 2.28. The molecule has 0 aliphatic carbocycles. The van der Waals surface area contributed by atoms with Crippen LogP contribution in [-0.4, -0.2) is 16.2 Å². The van der Waals surface area contributed by atoms with Crippen molar-refractivity contribution in [2.24, 2.45) is 0 Å². The molecule has 2 N–H and O–H groups in total. The minimum Gasteiger partial charge on any atom is -0.508 e.